The molecular weight excluding hydrogens is 272 g/mol. The zero-order valence-electron chi connectivity index (χ0n) is 15.0. The molecule has 1 unspecified atom stereocenters. The van der Waals surface area contributed by atoms with Crippen molar-refractivity contribution in [2.45, 2.75) is 117 Å². The molecule has 0 aliphatic carbocycles. The summed E-state index contributed by atoms with van der Waals surface area (Å²) in [6.07, 6.45) is 23.0. The summed E-state index contributed by atoms with van der Waals surface area (Å²) in [5.74, 6) is 2.04. The number of thiol groups is 1. The third-order valence-corrected chi connectivity index (χ3v) is 4.98. The summed E-state index contributed by atoms with van der Waals surface area (Å²) in [6, 6.07) is 0. The van der Waals surface area contributed by atoms with Crippen LogP contribution in [-0.2, 0) is 0 Å². The fraction of sp³-hybridized carbons (Fsp3) is 1.00. The third kappa shape index (κ3) is 16.5. The molecule has 0 spiro atoms. The van der Waals surface area contributed by atoms with Crippen LogP contribution >= 0.6 is 12.6 Å². The highest BCUT2D eigenvalue weighted by Crippen LogP contribution is 2.22. The topological polar surface area (TPSA) is 0 Å². The predicted octanol–water partition coefficient (Wildman–Crippen LogP) is 7.81. The van der Waals surface area contributed by atoms with Crippen LogP contribution < -0.4 is 0 Å². The lowest BCUT2D eigenvalue weighted by Crippen LogP contribution is -2.02. The van der Waals surface area contributed by atoms with E-state index in [1.807, 2.05) is 0 Å². The summed E-state index contributed by atoms with van der Waals surface area (Å²) in [5.41, 5.74) is 0. The van der Waals surface area contributed by atoms with Crippen molar-refractivity contribution in [3.05, 3.63) is 0 Å². The first-order valence-corrected chi connectivity index (χ1v) is 10.6. The second kappa shape index (κ2) is 18.4. The Morgan fingerprint density at radius 2 is 0.905 bits per heavy atom. The van der Waals surface area contributed by atoms with Crippen molar-refractivity contribution in [1.82, 2.24) is 0 Å². The van der Waals surface area contributed by atoms with Crippen LogP contribution in [0.15, 0.2) is 0 Å². The molecule has 0 nitrogen and oxygen atoms in total. The van der Waals surface area contributed by atoms with Gasteiger partial charge in [0.05, 0.1) is 0 Å². The highest BCUT2D eigenvalue weighted by molar-refractivity contribution is 7.80. The second-order valence-corrected chi connectivity index (χ2v) is 7.29. The van der Waals surface area contributed by atoms with Gasteiger partial charge in [0.2, 0.25) is 0 Å². The van der Waals surface area contributed by atoms with Gasteiger partial charge in [-0.15, -0.1) is 0 Å². The van der Waals surface area contributed by atoms with E-state index in [2.05, 4.69) is 26.5 Å². The molecule has 0 aromatic carbocycles. The molecule has 0 aliphatic rings. The van der Waals surface area contributed by atoms with E-state index in [-0.39, 0.29) is 0 Å². The highest BCUT2D eigenvalue weighted by Gasteiger charge is 2.07. The van der Waals surface area contributed by atoms with Crippen molar-refractivity contribution in [1.29, 1.82) is 0 Å². The van der Waals surface area contributed by atoms with E-state index in [4.69, 9.17) is 0 Å². The Labute approximate surface area is 141 Å². The highest BCUT2D eigenvalue weighted by atomic mass is 32.1. The summed E-state index contributed by atoms with van der Waals surface area (Å²) in [5, 5.41) is 0. The van der Waals surface area contributed by atoms with Crippen molar-refractivity contribution >= 4 is 12.6 Å². The van der Waals surface area contributed by atoms with Gasteiger partial charge in [0.1, 0.15) is 0 Å². The van der Waals surface area contributed by atoms with Gasteiger partial charge in [-0.05, 0) is 18.1 Å². The van der Waals surface area contributed by atoms with E-state index < -0.39 is 0 Å². The van der Waals surface area contributed by atoms with Gasteiger partial charge in [-0.1, -0.05) is 110 Å². The molecule has 0 fully saturated rings. The third-order valence-electron chi connectivity index (χ3n) is 4.72. The first-order valence-electron chi connectivity index (χ1n) is 9.96. The Hall–Kier alpha value is 0.350. The molecule has 0 amide bonds. The smallest absolute Gasteiger partial charge is 0.00953 e. The molecule has 0 N–H and O–H groups in total. The molecule has 0 aliphatic heterocycles. The van der Waals surface area contributed by atoms with E-state index in [0.29, 0.717) is 0 Å². The monoisotopic (exact) mass is 314 g/mol. The van der Waals surface area contributed by atoms with E-state index in [1.54, 1.807) is 0 Å². The average Bonchev–Trinajstić information content (AvgIpc) is 2.49. The van der Waals surface area contributed by atoms with E-state index in [0.717, 1.165) is 11.7 Å². The number of hydrogen-bond donors (Lipinski definition) is 1. The van der Waals surface area contributed by atoms with E-state index >= 15 is 0 Å². The molecule has 1 heteroatoms. The van der Waals surface area contributed by atoms with Crippen LogP contribution in [0.5, 0.6) is 0 Å². The minimum Gasteiger partial charge on any atom is -0.179 e. The number of hydrogen-bond acceptors (Lipinski definition) is 1. The van der Waals surface area contributed by atoms with Gasteiger partial charge in [-0.2, -0.15) is 12.6 Å². The molecule has 0 aromatic rings. The van der Waals surface area contributed by atoms with Crippen molar-refractivity contribution in [2.24, 2.45) is 5.92 Å². The fourth-order valence-corrected chi connectivity index (χ4v) is 3.58. The van der Waals surface area contributed by atoms with Crippen LogP contribution in [0.25, 0.3) is 0 Å². The maximum atomic E-state index is 4.43. The van der Waals surface area contributed by atoms with Crippen LogP contribution in [0.4, 0.5) is 0 Å². The van der Waals surface area contributed by atoms with Crippen molar-refractivity contribution in [2.75, 3.05) is 5.75 Å². The molecular formula is C20H42S. The molecule has 128 valence electrons. The number of unbranched alkanes of at least 4 members (excludes halogenated alkanes) is 11. The molecule has 0 aromatic heterocycles. The van der Waals surface area contributed by atoms with Crippen LogP contribution in [0.2, 0.25) is 0 Å². The maximum absolute atomic E-state index is 4.43. The van der Waals surface area contributed by atoms with Crippen LogP contribution in [0.1, 0.15) is 117 Å². The average molecular weight is 315 g/mol. The molecule has 0 saturated heterocycles. The standard InChI is InChI=1S/C20H42S/c1-3-5-7-8-9-10-11-12-13-15-17-20(18-19-21)16-14-6-4-2/h20-21H,3-19H2,1-2H3. The second-order valence-electron chi connectivity index (χ2n) is 6.84. The minimum absolute atomic E-state index is 0.961. The Kier molecular flexibility index (Phi) is 18.7. The molecule has 0 heterocycles. The van der Waals surface area contributed by atoms with Crippen LogP contribution in [0, 0.1) is 5.92 Å². The Morgan fingerprint density at radius 1 is 0.524 bits per heavy atom. The Morgan fingerprint density at radius 3 is 1.38 bits per heavy atom. The lowest BCUT2D eigenvalue weighted by molar-refractivity contribution is 0.398. The van der Waals surface area contributed by atoms with Crippen molar-refractivity contribution in [3.8, 4) is 0 Å². The van der Waals surface area contributed by atoms with Crippen molar-refractivity contribution in [3.63, 3.8) is 0 Å². The van der Waals surface area contributed by atoms with Gasteiger partial charge in [-0.3, -0.25) is 0 Å². The molecule has 21 heavy (non-hydrogen) atoms. The molecule has 0 saturated carbocycles. The number of rotatable bonds is 17. The summed E-state index contributed by atoms with van der Waals surface area (Å²) < 4.78 is 0. The van der Waals surface area contributed by atoms with Gasteiger partial charge >= 0.3 is 0 Å². The normalized spacial score (nSPS) is 12.7. The molecule has 1 atom stereocenters. The Balaban J connectivity index is 3.32. The minimum atomic E-state index is 0.961. The summed E-state index contributed by atoms with van der Waals surface area (Å²) in [7, 11) is 0. The largest absolute Gasteiger partial charge is 0.179 e. The molecule has 0 bridgehead atoms. The lowest BCUT2D eigenvalue weighted by atomic mass is 9.92. The van der Waals surface area contributed by atoms with E-state index in [9.17, 15) is 0 Å². The zero-order valence-corrected chi connectivity index (χ0v) is 15.9. The zero-order chi connectivity index (χ0) is 15.6. The first kappa shape index (κ1) is 21.4. The van der Waals surface area contributed by atoms with Crippen LogP contribution in [-0.4, -0.2) is 5.75 Å². The molecule has 0 rings (SSSR count). The van der Waals surface area contributed by atoms with Gasteiger partial charge in [0, 0.05) is 0 Å². The Bertz CT molecular complexity index is 179. The SMILES string of the molecule is CCCCCCCCCCCCC(CCS)CCCCC. The first-order chi connectivity index (χ1) is 10.3. The van der Waals surface area contributed by atoms with Gasteiger partial charge in [0.15, 0.2) is 0 Å². The summed E-state index contributed by atoms with van der Waals surface area (Å²) in [4.78, 5) is 0. The van der Waals surface area contributed by atoms with Crippen molar-refractivity contribution < 1.29 is 0 Å². The van der Waals surface area contributed by atoms with Gasteiger partial charge in [0.25, 0.3) is 0 Å². The van der Waals surface area contributed by atoms with Gasteiger partial charge < -0.3 is 0 Å². The van der Waals surface area contributed by atoms with Gasteiger partial charge in [-0.25, -0.2) is 0 Å². The van der Waals surface area contributed by atoms with E-state index in [1.165, 1.54) is 103 Å². The summed E-state index contributed by atoms with van der Waals surface area (Å²) >= 11 is 4.43. The quantitative estimate of drug-likeness (QED) is 0.205. The predicted molar refractivity (Wildman–Crippen MR) is 103 cm³/mol. The summed E-state index contributed by atoms with van der Waals surface area (Å²) in [6.45, 7) is 4.60. The molecule has 0 radical (unpaired) electrons. The fourth-order valence-electron chi connectivity index (χ4n) is 3.22. The maximum Gasteiger partial charge on any atom is -0.00953 e. The lowest BCUT2D eigenvalue weighted by Gasteiger charge is -2.15. The van der Waals surface area contributed by atoms with Crippen LogP contribution in [0.3, 0.4) is 0 Å².